The van der Waals surface area contributed by atoms with E-state index in [0.717, 1.165) is 16.9 Å². The molecule has 1 fully saturated rings. The van der Waals surface area contributed by atoms with Gasteiger partial charge in [-0.3, -0.25) is 9.78 Å². The zero-order valence-electron chi connectivity index (χ0n) is 17.0. The number of nitrogens with one attached hydrogen (secondary N) is 2. The number of carbonyl (C=O) groups excluding carboxylic acids is 1. The van der Waals surface area contributed by atoms with E-state index in [1.54, 1.807) is 17.5 Å². The first kappa shape index (κ1) is 20.5. The predicted octanol–water partition coefficient (Wildman–Crippen LogP) is 4.76. The van der Waals surface area contributed by atoms with Crippen molar-refractivity contribution in [3.63, 3.8) is 0 Å². The van der Waals surface area contributed by atoms with Gasteiger partial charge in [-0.1, -0.05) is 18.2 Å². The molecule has 1 aliphatic rings. The van der Waals surface area contributed by atoms with Crippen molar-refractivity contribution in [1.82, 2.24) is 15.2 Å². The molecule has 2 atom stereocenters. The van der Waals surface area contributed by atoms with E-state index in [-0.39, 0.29) is 18.0 Å². The summed E-state index contributed by atoms with van der Waals surface area (Å²) in [6.45, 7) is 4.65. The predicted molar refractivity (Wildman–Crippen MR) is 126 cm³/mol. The highest BCUT2D eigenvalue weighted by Crippen LogP contribution is 2.41. The Bertz CT molecular complexity index is 1050. The Morgan fingerprint density at radius 3 is 2.77 bits per heavy atom. The molecule has 4 rings (SSSR count). The number of aryl methyl sites for hydroxylation is 2. The molecule has 2 aromatic heterocycles. The maximum absolute atomic E-state index is 12.6. The molecule has 0 spiro atoms. The van der Waals surface area contributed by atoms with Crippen molar-refractivity contribution < 1.29 is 4.79 Å². The molecule has 0 aliphatic carbocycles. The van der Waals surface area contributed by atoms with Gasteiger partial charge < -0.3 is 15.5 Å². The number of hydrogen-bond donors (Lipinski definition) is 2. The van der Waals surface area contributed by atoms with Gasteiger partial charge in [-0.15, -0.1) is 11.3 Å². The van der Waals surface area contributed by atoms with Crippen LogP contribution in [0.25, 0.3) is 0 Å². The molecular weight excluding hydrogens is 412 g/mol. The Kier molecular flexibility index (Phi) is 6.11. The fourth-order valence-electron chi connectivity index (χ4n) is 3.74. The van der Waals surface area contributed by atoms with Gasteiger partial charge in [0.15, 0.2) is 5.11 Å². The Labute approximate surface area is 186 Å². The average Bonchev–Trinajstić information content (AvgIpc) is 3.30. The molecule has 0 bridgehead atoms. The smallest absolute Gasteiger partial charge is 0.226 e. The zero-order chi connectivity index (χ0) is 21.1. The fraction of sp³-hybridized carbons (Fsp3) is 0.261. The van der Waals surface area contributed by atoms with Gasteiger partial charge in [0.2, 0.25) is 5.91 Å². The van der Waals surface area contributed by atoms with Gasteiger partial charge >= 0.3 is 0 Å². The van der Waals surface area contributed by atoms with Crippen LogP contribution in [-0.2, 0) is 4.79 Å². The first-order valence-corrected chi connectivity index (χ1v) is 11.1. The number of carbonyl (C=O) groups is 1. The van der Waals surface area contributed by atoms with E-state index < -0.39 is 0 Å². The lowest BCUT2D eigenvalue weighted by Gasteiger charge is -2.26. The van der Waals surface area contributed by atoms with Crippen LogP contribution in [0.1, 0.15) is 39.5 Å². The van der Waals surface area contributed by atoms with Gasteiger partial charge in [0.1, 0.15) is 0 Å². The van der Waals surface area contributed by atoms with Crippen molar-refractivity contribution in [2.75, 3.05) is 11.9 Å². The number of benzene rings is 1. The number of nitrogens with zero attached hydrogens (tertiary/aromatic N) is 2. The summed E-state index contributed by atoms with van der Waals surface area (Å²) in [5, 5.41) is 7.07. The third-order valence-electron chi connectivity index (χ3n) is 5.13. The maximum Gasteiger partial charge on any atom is 0.226 e. The quantitative estimate of drug-likeness (QED) is 0.546. The lowest BCUT2D eigenvalue weighted by Crippen LogP contribution is -2.32. The molecule has 5 nitrogen and oxygen atoms in total. The Hall–Kier alpha value is -2.77. The number of anilines is 1. The Balaban J connectivity index is 1.51. The monoisotopic (exact) mass is 436 g/mol. The third-order valence-corrected chi connectivity index (χ3v) is 6.56. The van der Waals surface area contributed by atoms with Crippen LogP contribution >= 0.6 is 23.6 Å². The van der Waals surface area contributed by atoms with Crippen molar-refractivity contribution in [3.05, 3.63) is 81.8 Å². The summed E-state index contributed by atoms with van der Waals surface area (Å²) in [5.74, 6) is -0.0224. The van der Waals surface area contributed by atoms with Crippen LogP contribution < -0.4 is 10.6 Å². The van der Waals surface area contributed by atoms with Crippen molar-refractivity contribution >= 4 is 40.3 Å². The molecule has 1 aromatic carbocycles. The van der Waals surface area contributed by atoms with Gasteiger partial charge in [0.25, 0.3) is 0 Å². The molecule has 1 saturated heterocycles. The summed E-state index contributed by atoms with van der Waals surface area (Å²) in [7, 11) is 0. The van der Waals surface area contributed by atoms with Crippen LogP contribution in [0, 0.1) is 13.8 Å². The van der Waals surface area contributed by atoms with Crippen molar-refractivity contribution in [2.45, 2.75) is 32.4 Å². The molecule has 2 N–H and O–H groups in total. The number of pyridine rings is 1. The van der Waals surface area contributed by atoms with Crippen LogP contribution in [0.15, 0.2) is 60.8 Å². The lowest BCUT2D eigenvalue weighted by molar-refractivity contribution is -0.116. The summed E-state index contributed by atoms with van der Waals surface area (Å²) in [6.07, 6.45) is 2.15. The van der Waals surface area contributed by atoms with Gasteiger partial charge in [-0.05, 0) is 68.0 Å². The Morgan fingerprint density at radius 1 is 1.20 bits per heavy atom. The van der Waals surface area contributed by atoms with E-state index in [9.17, 15) is 4.79 Å². The van der Waals surface area contributed by atoms with Crippen LogP contribution in [0.4, 0.5) is 5.69 Å². The van der Waals surface area contributed by atoms with E-state index in [0.29, 0.717) is 18.1 Å². The van der Waals surface area contributed by atoms with Crippen molar-refractivity contribution in [2.24, 2.45) is 0 Å². The highest BCUT2D eigenvalue weighted by molar-refractivity contribution is 7.80. The third kappa shape index (κ3) is 4.52. The molecule has 0 saturated carbocycles. The lowest BCUT2D eigenvalue weighted by atomic mass is 10.0. The van der Waals surface area contributed by atoms with Crippen LogP contribution in [-0.4, -0.2) is 27.4 Å². The van der Waals surface area contributed by atoms with E-state index >= 15 is 0 Å². The first-order chi connectivity index (χ1) is 14.5. The highest BCUT2D eigenvalue weighted by atomic mass is 32.1. The van der Waals surface area contributed by atoms with Crippen LogP contribution in [0.3, 0.4) is 0 Å². The second kappa shape index (κ2) is 8.93. The largest absolute Gasteiger partial charge is 0.352 e. The van der Waals surface area contributed by atoms with Crippen molar-refractivity contribution in [3.8, 4) is 0 Å². The topological polar surface area (TPSA) is 57.3 Å². The molecule has 0 unspecified atom stereocenters. The molecule has 154 valence electrons. The van der Waals surface area contributed by atoms with Gasteiger partial charge in [0, 0.05) is 34.6 Å². The van der Waals surface area contributed by atoms with E-state index in [1.165, 1.54) is 9.75 Å². The van der Waals surface area contributed by atoms with Gasteiger partial charge in [-0.2, -0.15) is 0 Å². The molecule has 3 aromatic rings. The molecule has 30 heavy (non-hydrogen) atoms. The molecule has 1 amide bonds. The van der Waals surface area contributed by atoms with E-state index in [4.69, 9.17) is 12.2 Å². The van der Waals surface area contributed by atoms with Crippen LogP contribution in [0.5, 0.6) is 0 Å². The Morgan fingerprint density at radius 2 is 2.07 bits per heavy atom. The maximum atomic E-state index is 12.6. The average molecular weight is 437 g/mol. The number of aromatic nitrogens is 1. The molecule has 1 aliphatic heterocycles. The number of thiocarbonyl (C=S) groups is 1. The van der Waals surface area contributed by atoms with E-state index in [1.807, 2.05) is 49.4 Å². The molecular formula is C23H24N4OS2. The minimum absolute atomic E-state index is 0.0119. The number of rotatable bonds is 6. The SMILES string of the molecule is Cc1cccc(NC(=O)CCN2C(=S)N[C@H](c3ccccn3)[C@@H]2c2ccc(C)s2)c1. The summed E-state index contributed by atoms with van der Waals surface area (Å²) in [4.78, 5) is 21.7. The van der Waals surface area contributed by atoms with Crippen LogP contribution in [0.2, 0.25) is 0 Å². The summed E-state index contributed by atoms with van der Waals surface area (Å²) >= 11 is 7.42. The standard InChI is InChI=1S/C23H24N4OS2/c1-15-6-5-7-17(14-15)25-20(28)11-13-27-22(19-10-9-16(2)30-19)21(26-23(27)29)18-8-3-4-12-24-18/h3-10,12,14,21-22H,11,13H2,1-2H3,(H,25,28)(H,26,29)/t21-,22+/m1/s1. The second-order valence-electron chi connectivity index (χ2n) is 7.44. The number of hydrogen-bond acceptors (Lipinski definition) is 4. The molecule has 0 radical (unpaired) electrons. The highest BCUT2D eigenvalue weighted by Gasteiger charge is 2.40. The van der Waals surface area contributed by atoms with Gasteiger partial charge in [0.05, 0.1) is 17.8 Å². The first-order valence-electron chi connectivity index (χ1n) is 9.92. The zero-order valence-corrected chi connectivity index (χ0v) is 18.6. The normalized spacial score (nSPS) is 18.3. The number of thiophene rings is 1. The van der Waals surface area contributed by atoms with Gasteiger partial charge in [-0.25, -0.2) is 0 Å². The summed E-state index contributed by atoms with van der Waals surface area (Å²) in [6, 6.07) is 18.0. The second-order valence-corrected chi connectivity index (χ2v) is 9.14. The fourth-order valence-corrected chi connectivity index (χ4v) is 5.10. The summed E-state index contributed by atoms with van der Waals surface area (Å²) in [5.41, 5.74) is 2.88. The summed E-state index contributed by atoms with van der Waals surface area (Å²) < 4.78 is 0. The molecule has 3 heterocycles. The van der Waals surface area contributed by atoms with Crippen molar-refractivity contribution in [1.29, 1.82) is 0 Å². The van der Waals surface area contributed by atoms with E-state index in [2.05, 4.69) is 39.6 Å². The number of amides is 1. The minimum Gasteiger partial charge on any atom is -0.352 e. The molecule has 7 heteroatoms. The minimum atomic E-state index is -0.0448.